The summed E-state index contributed by atoms with van der Waals surface area (Å²) in [6.45, 7) is 13.8. The molecular weight excluding hydrogens is 442 g/mol. The second kappa shape index (κ2) is 8.10. The van der Waals surface area contributed by atoms with Gasteiger partial charge in [-0.3, -0.25) is 0 Å². The van der Waals surface area contributed by atoms with E-state index in [1.54, 1.807) is 0 Å². The molecule has 0 atom stereocenters. The molecule has 5 aromatic rings. The quantitative estimate of drug-likeness (QED) is 0.182. The Balaban J connectivity index is 1.72. The summed E-state index contributed by atoms with van der Waals surface area (Å²) in [4.78, 5) is 2.79. The fraction of sp³-hybridized carbons (Fsp3) is 0.303. The molecule has 0 saturated carbocycles. The van der Waals surface area contributed by atoms with E-state index in [9.17, 15) is 0 Å². The topological polar surface area (TPSA) is 3.88 Å². The number of pyridine rings is 1. The maximum Gasteiger partial charge on any atom is 0.222 e. The highest BCUT2D eigenvalue weighted by Gasteiger charge is 2.31. The van der Waals surface area contributed by atoms with Gasteiger partial charge in [-0.25, -0.2) is 4.57 Å². The Morgan fingerprint density at radius 2 is 1.60 bits per heavy atom. The van der Waals surface area contributed by atoms with Crippen LogP contribution in [0.25, 0.3) is 43.6 Å². The van der Waals surface area contributed by atoms with E-state index in [0.29, 0.717) is 11.8 Å². The molecule has 2 heteroatoms. The van der Waals surface area contributed by atoms with Gasteiger partial charge in [-0.1, -0.05) is 75.9 Å². The molecule has 1 aliphatic rings. The average molecular weight is 477 g/mol. The highest BCUT2D eigenvalue weighted by molar-refractivity contribution is 8.00. The summed E-state index contributed by atoms with van der Waals surface area (Å²) in [6.07, 6.45) is 3.38. The summed E-state index contributed by atoms with van der Waals surface area (Å²) >= 11 is 1.97. The number of rotatable bonds is 3. The van der Waals surface area contributed by atoms with E-state index < -0.39 is 0 Å². The maximum absolute atomic E-state index is 2.45. The van der Waals surface area contributed by atoms with E-state index in [2.05, 4.69) is 108 Å². The fourth-order valence-electron chi connectivity index (χ4n) is 5.97. The molecule has 4 aromatic carbocycles. The number of aromatic nitrogens is 1. The number of fused-ring (bicyclic) bond motifs is 5. The van der Waals surface area contributed by atoms with Crippen molar-refractivity contribution >= 4 is 44.1 Å². The summed E-state index contributed by atoms with van der Waals surface area (Å²) in [5.41, 5.74) is 8.43. The molecule has 0 aliphatic carbocycles. The molecule has 176 valence electrons. The first-order chi connectivity index (χ1) is 16.7. The monoisotopic (exact) mass is 476 g/mol. The third kappa shape index (κ3) is 3.41. The van der Waals surface area contributed by atoms with Gasteiger partial charge in [0, 0.05) is 21.2 Å². The van der Waals surface area contributed by atoms with Crippen molar-refractivity contribution in [2.24, 2.45) is 13.0 Å². The number of nitrogens with zero attached hydrogens (tertiary/aromatic N) is 1. The highest BCUT2D eigenvalue weighted by atomic mass is 32.2. The van der Waals surface area contributed by atoms with Crippen molar-refractivity contribution in [3.05, 3.63) is 77.0 Å². The van der Waals surface area contributed by atoms with Gasteiger partial charge in [0.15, 0.2) is 6.20 Å². The van der Waals surface area contributed by atoms with Gasteiger partial charge in [0.25, 0.3) is 0 Å². The van der Waals surface area contributed by atoms with Crippen molar-refractivity contribution in [3.8, 4) is 11.3 Å². The van der Waals surface area contributed by atoms with Gasteiger partial charge in [-0.05, 0) is 82.0 Å². The molecule has 0 N–H and O–H groups in total. The second-order valence-corrected chi connectivity index (χ2v) is 12.2. The van der Waals surface area contributed by atoms with Crippen molar-refractivity contribution < 1.29 is 4.57 Å². The normalized spacial score (nSPS) is 12.9. The van der Waals surface area contributed by atoms with Crippen molar-refractivity contribution in [3.63, 3.8) is 0 Å². The number of benzene rings is 4. The van der Waals surface area contributed by atoms with E-state index in [-0.39, 0.29) is 0 Å². The molecule has 0 fully saturated rings. The smallest absolute Gasteiger partial charge is 0.200 e. The van der Waals surface area contributed by atoms with E-state index in [4.69, 9.17) is 0 Å². The first kappa shape index (κ1) is 22.6. The molecule has 1 nitrogen and oxygen atoms in total. The zero-order chi connectivity index (χ0) is 24.6. The molecule has 0 saturated heterocycles. The van der Waals surface area contributed by atoms with Crippen LogP contribution in [0.2, 0.25) is 0 Å². The van der Waals surface area contributed by atoms with Crippen LogP contribution in [-0.4, -0.2) is 0 Å². The van der Waals surface area contributed by atoms with Crippen molar-refractivity contribution in [2.75, 3.05) is 0 Å². The standard InChI is InChI=1S/C33H34NS/c1-18(2)14-22-8-11-25-21(6)33-30(20(5)27(25)15-22)32-31-26(12-13-34(32)7)28-16-23(19(3)4)9-10-24(28)17-29(31)35-33/h8-13,15-19H,14H2,1-7H3/q+1. The average Bonchev–Trinajstić information content (AvgIpc) is 2.82. The number of aryl methyl sites for hydroxylation is 3. The van der Waals surface area contributed by atoms with Gasteiger partial charge in [0.1, 0.15) is 7.05 Å². The van der Waals surface area contributed by atoms with Gasteiger partial charge in [-0.15, -0.1) is 0 Å². The molecule has 0 unspecified atom stereocenters. The summed E-state index contributed by atoms with van der Waals surface area (Å²) in [7, 11) is 2.21. The Hall–Kier alpha value is -2.84. The molecule has 2 heterocycles. The molecule has 0 spiro atoms. The predicted molar refractivity (Wildman–Crippen MR) is 152 cm³/mol. The van der Waals surface area contributed by atoms with E-state index in [1.165, 1.54) is 75.6 Å². The Morgan fingerprint density at radius 3 is 2.34 bits per heavy atom. The molecule has 0 bridgehead atoms. The van der Waals surface area contributed by atoms with Gasteiger partial charge in [0.05, 0.1) is 10.9 Å². The molecular formula is C33H34NS+. The first-order valence-corrected chi connectivity index (χ1v) is 13.7. The third-order valence-electron chi connectivity index (χ3n) is 7.82. The summed E-state index contributed by atoms with van der Waals surface area (Å²) in [5, 5.41) is 8.28. The summed E-state index contributed by atoms with van der Waals surface area (Å²) in [5.74, 6) is 1.18. The lowest BCUT2D eigenvalue weighted by Crippen LogP contribution is -2.32. The largest absolute Gasteiger partial charge is 0.222 e. The lowest BCUT2D eigenvalue weighted by Gasteiger charge is -2.24. The fourth-order valence-corrected chi connectivity index (χ4v) is 7.30. The SMILES string of the molecule is Cc1c2c(c(C)c3cc(CC(C)C)ccc13)-c1c3c(cc4ccc(C(C)C)cc4c3cc[n+]1C)S2. The van der Waals surface area contributed by atoms with Crippen LogP contribution in [0.5, 0.6) is 0 Å². The maximum atomic E-state index is 2.45. The van der Waals surface area contributed by atoms with E-state index in [1.807, 2.05) is 11.8 Å². The van der Waals surface area contributed by atoms with Crippen molar-refractivity contribution in [2.45, 2.75) is 63.7 Å². The van der Waals surface area contributed by atoms with E-state index in [0.717, 1.165) is 6.42 Å². The number of hydrogen-bond donors (Lipinski definition) is 0. The number of hydrogen-bond acceptors (Lipinski definition) is 1. The van der Waals surface area contributed by atoms with Crippen LogP contribution in [0.1, 0.15) is 55.9 Å². The van der Waals surface area contributed by atoms with Crippen LogP contribution in [0.15, 0.2) is 64.5 Å². The molecule has 1 aromatic heterocycles. The Labute approximate surface area is 213 Å². The molecule has 0 amide bonds. The van der Waals surface area contributed by atoms with Crippen molar-refractivity contribution in [1.82, 2.24) is 0 Å². The van der Waals surface area contributed by atoms with Crippen molar-refractivity contribution in [1.29, 1.82) is 0 Å². The van der Waals surface area contributed by atoms with Crippen LogP contribution in [0.3, 0.4) is 0 Å². The second-order valence-electron chi connectivity index (χ2n) is 11.1. The van der Waals surface area contributed by atoms with Crippen LogP contribution in [-0.2, 0) is 13.5 Å². The Bertz CT molecular complexity index is 1670. The lowest BCUT2D eigenvalue weighted by atomic mass is 9.88. The van der Waals surface area contributed by atoms with Gasteiger partial charge >= 0.3 is 0 Å². The molecule has 6 rings (SSSR count). The Kier molecular flexibility index (Phi) is 5.23. The van der Waals surface area contributed by atoms with Crippen LogP contribution in [0.4, 0.5) is 0 Å². The lowest BCUT2D eigenvalue weighted by molar-refractivity contribution is -0.659. The zero-order valence-corrected chi connectivity index (χ0v) is 22.7. The minimum atomic E-state index is 0.521. The minimum Gasteiger partial charge on any atom is -0.200 e. The van der Waals surface area contributed by atoms with Crippen LogP contribution >= 0.6 is 11.8 Å². The van der Waals surface area contributed by atoms with Gasteiger partial charge < -0.3 is 0 Å². The zero-order valence-electron chi connectivity index (χ0n) is 21.9. The summed E-state index contributed by atoms with van der Waals surface area (Å²) in [6, 6.07) is 18.9. The van der Waals surface area contributed by atoms with Crippen LogP contribution < -0.4 is 4.57 Å². The Morgan fingerprint density at radius 1 is 0.800 bits per heavy atom. The van der Waals surface area contributed by atoms with Gasteiger partial charge in [0.2, 0.25) is 5.69 Å². The first-order valence-electron chi connectivity index (χ1n) is 12.9. The molecule has 1 aliphatic heterocycles. The molecule has 35 heavy (non-hydrogen) atoms. The predicted octanol–water partition coefficient (Wildman–Crippen LogP) is 9.04. The van der Waals surface area contributed by atoms with Gasteiger partial charge in [-0.2, -0.15) is 0 Å². The minimum absolute atomic E-state index is 0.521. The molecule has 0 radical (unpaired) electrons. The summed E-state index contributed by atoms with van der Waals surface area (Å²) < 4.78 is 2.35. The highest BCUT2D eigenvalue weighted by Crippen LogP contribution is 2.52. The van der Waals surface area contributed by atoms with Crippen LogP contribution in [0, 0.1) is 19.8 Å². The van der Waals surface area contributed by atoms with E-state index >= 15 is 0 Å². The third-order valence-corrected chi connectivity index (χ3v) is 9.07.